The van der Waals surface area contributed by atoms with Gasteiger partial charge in [-0.15, -0.1) is 24.2 Å². The molecular weight excluding hydrogens is 384 g/mol. The predicted octanol–water partition coefficient (Wildman–Crippen LogP) is 1.98. The van der Waals surface area contributed by atoms with Crippen molar-refractivity contribution in [2.45, 2.75) is 18.9 Å². The topological polar surface area (TPSA) is 77.2 Å². The Kier molecular flexibility index (Phi) is 5.29. The fraction of sp³-hybridized carbons (Fsp3) is 0.500. The number of halogens is 1. The average molecular weight is 407 g/mol. The molecule has 2 atom stereocenters. The molecule has 0 saturated carbocycles. The summed E-state index contributed by atoms with van der Waals surface area (Å²) in [4.78, 5) is 29.8. The number of hydrogen-bond donors (Lipinski definition) is 2. The van der Waals surface area contributed by atoms with Gasteiger partial charge in [-0.1, -0.05) is 0 Å². The molecule has 0 radical (unpaired) electrons. The van der Waals surface area contributed by atoms with Crippen LogP contribution in [0.4, 0.5) is 5.82 Å². The zero-order valence-corrected chi connectivity index (χ0v) is 16.6. The fourth-order valence-corrected chi connectivity index (χ4v) is 5.20. The van der Waals surface area contributed by atoms with Gasteiger partial charge in [0.25, 0.3) is 5.91 Å². The largest absolute Gasteiger partial charge is 0.346 e. The Bertz CT molecular complexity index is 856. The van der Waals surface area contributed by atoms with Crippen LogP contribution >= 0.6 is 24.2 Å². The van der Waals surface area contributed by atoms with Gasteiger partial charge in [0.15, 0.2) is 0 Å². The molecule has 5 rings (SSSR count). The second-order valence-corrected chi connectivity index (χ2v) is 8.28. The van der Waals surface area contributed by atoms with Crippen LogP contribution in [0.25, 0.3) is 11.0 Å². The van der Waals surface area contributed by atoms with E-state index in [1.807, 2.05) is 23.4 Å². The van der Waals surface area contributed by atoms with Crippen LogP contribution in [-0.4, -0.2) is 63.7 Å². The predicted molar refractivity (Wildman–Crippen MR) is 110 cm³/mol. The molecule has 3 aliphatic heterocycles. The first-order valence-electron chi connectivity index (χ1n) is 9.21. The molecule has 0 aromatic carbocycles. The second-order valence-electron chi connectivity index (χ2n) is 7.15. The molecule has 3 aliphatic rings. The number of aromatic nitrogens is 3. The van der Waals surface area contributed by atoms with Crippen molar-refractivity contribution in [2.75, 3.05) is 36.8 Å². The van der Waals surface area contributed by atoms with Gasteiger partial charge in [0, 0.05) is 43.8 Å². The van der Waals surface area contributed by atoms with Crippen LogP contribution in [0, 0.1) is 5.92 Å². The van der Waals surface area contributed by atoms with Gasteiger partial charge >= 0.3 is 0 Å². The van der Waals surface area contributed by atoms with Gasteiger partial charge in [0.05, 0.1) is 10.3 Å². The van der Waals surface area contributed by atoms with Gasteiger partial charge < -0.3 is 20.1 Å². The van der Waals surface area contributed by atoms with Crippen LogP contribution in [0.3, 0.4) is 0 Å². The quantitative estimate of drug-likeness (QED) is 0.794. The van der Waals surface area contributed by atoms with E-state index in [4.69, 9.17) is 0 Å². The molecule has 2 aromatic heterocycles. The number of nitrogens with zero attached hydrogens (tertiary/aromatic N) is 4. The zero-order chi connectivity index (χ0) is 17.5. The maximum Gasteiger partial charge on any atom is 0.261 e. The number of carbonyl (C=O) groups excluding carboxylic acids is 1. The van der Waals surface area contributed by atoms with Gasteiger partial charge in [0.2, 0.25) is 0 Å². The van der Waals surface area contributed by atoms with Crippen LogP contribution in [0.15, 0.2) is 29.7 Å². The maximum absolute atomic E-state index is 13.1. The molecule has 144 valence electrons. The standard InChI is InChI=1S/C18H22N6OS.ClH/c25-18(24-8-12-2-1-4-19-14(12)9-24)15-10-23(6-7-26-15)17-13-3-5-20-16(13)21-11-22-17;/h3,5,10-12,14,19H,1-2,4,6-9H2,(H,20,21,22);1H/t12-,14+;/m1./s1. The number of anilines is 1. The Morgan fingerprint density at radius 3 is 3.11 bits per heavy atom. The molecule has 27 heavy (non-hydrogen) atoms. The number of carbonyl (C=O) groups is 1. The number of thioether (sulfide) groups is 1. The summed E-state index contributed by atoms with van der Waals surface area (Å²) >= 11 is 1.65. The molecule has 9 heteroatoms. The molecular formula is C18H23ClN6OS. The summed E-state index contributed by atoms with van der Waals surface area (Å²) < 4.78 is 0. The number of amides is 1. The summed E-state index contributed by atoms with van der Waals surface area (Å²) in [6.45, 7) is 3.63. The molecule has 5 heterocycles. The normalized spacial score (nSPS) is 25.1. The maximum atomic E-state index is 13.1. The number of fused-ring (bicyclic) bond motifs is 2. The van der Waals surface area contributed by atoms with E-state index in [1.165, 1.54) is 12.8 Å². The van der Waals surface area contributed by atoms with Crippen molar-refractivity contribution in [3.8, 4) is 0 Å². The first kappa shape index (κ1) is 18.6. The molecule has 2 N–H and O–H groups in total. The number of rotatable bonds is 2. The van der Waals surface area contributed by atoms with E-state index >= 15 is 0 Å². The number of hydrogen-bond acceptors (Lipinski definition) is 6. The third kappa shape index (κ3) is 3.41. The molecule has 0 spiro atoms. The Morgan fingerprint density at radius 1 is 1.30 bits per heavy atom. The molecule has 0 unspecified atom stereocenters. The summed E-state index contributed by atoms with van der Waals surface area (Å²) in [5, 5.41) is 4.55. The third-order valence-corrected chi connectivity index (χ3v) is 6.54. The molecule has 2 fully saturated rings. The van der Waals surface area contributed by atoms with Crippen molar-refractivity contribution in [1.82, 2.24) is 25.2 Å². The van der Waals surface area contributed by atoms with Crippen molar-refractivity contribution in [3.63, 3.8) is 0 Å². The number of likely N-dealkylation sites (tertiary alicyclic amines) is 1. The van der Waals surface area contributed by atoms with E-state index in [9.17, 15) is 4.79 Å². The minimum absolute atomic E-state index is 0. The minimum atomic E-state index is 0. The van der Waals surface area contributed by atoms with Gasteiger partial charge in [-0.3, -0.25) is 4.79 Å². The van der Waals surface area contributed by atoms with Crippen LogP contribution in [0.2, 0.25) is 0 Å². The lowest BCUT2D eigenvalue weighted by atomic mass is 9.94. The summed E-state index contributed by atoms with van der Waals surface area (Å²) in [6.07, 6.45) is 7.86. The Morgan fingerprint density at radius 2 is 2.22 bits per heavy atom. The van der Waals surface area contributed by atoms with Crippen molar-refractivity contribution in [3.05, 3.63) is 29.7 Å². The number of aromatic amines is 1. The van der Waals surface area contributed by atoms with E-state index in [0.717, 1.165) is 53.7 Å². The average Bonchev–Trinajstić information content (AvgIpc) is 3.33. The van der Waals surface area contributed by atoms with Crippen molar-refractivity contribution in [2.24, 2.45) is 5.92 Å². The van der Waals surface area contributed by atoms with Crippen LogP contribution in [0.1, 0.15) is 12.8 Å². The molecule has 0 bridgehead atoms. The summed E-state index contributed by atoms with van der Waals surface area (Å²) in [6, 6.07) is 2.46. The van der Waals surface area contributed by atoms with Crippen molar-refractivity contribution in [1.29, 1.82) is 0 Å². The Labute approximate surface area is 168 Å². The van der Waals surface area contributed by atoms with Gasteiger partial charge in [-0.2, -0.15) is 0 Å². The van der Waals surface area contributed by atoms with E-state index in [-0.39, 0.29) is 18.3 Å². The lowest BCUT2D eigenvalue weighted by Gasteiger charge is -2.27. The smallest absolute Gasteiger partial charge is 0.261 e. The highest BCUT2D eigenvalue weighted by molar-refractivity contribution is 8.04. The molecule has 1 amide bonds. The summed E-state index contributed by atoms with van der Waals surface area (Å²) in [7, 11) is 0. The number of piperidine rings is 1. The highest BCUT2D eigenvalue weighted by Gasteiger charge is 2.37. The van der Waals surface area contributed by atoms with Crippen molar-refractivity contribution < 1.29 is 4.79 Å². The first-order chi connectivity index (χ1) is 12.8. The van der Waals surface area contributed by atoms with E-state index < -0.39 is 0 Å². The lowest BCUT2D eigenvalue weighted by molar-refractivity contribution is -0.125. The third-order valence-electron chi connectivity index (χ3n) is 5.57. The van der Waals surface area contributed by atoms with E-state index in [2.05, 4.69) is 25.2 Å². The molecule has 7 nitrogen and oxygen atoms in total. The number of nitrogens with one attached hydrogen (secondary N) is 2. The first-order valence-corrected chi connectivity index (χ1v) is 10.2. The molecule has 2 saturated heterocycles. The monoisotopic (exact) mass is 406 g/mol. The Hall–Kier alpha value is -1.77. The van der Waals surface area contributed by atoms with Crippen molar-refractivity contribution >= 4 is 46.9 Å². The van der Waals surface area contributed by atoms with Gasteiger partial charge in [0.1, 0.15) is 17.8 Å². The van der Waals surface area contributed by atoms with Crippen LogP contribution in [-0.2, 0) is 4.79 Å². The zero-order valence-electron chi connectivity index (χ0n) is 14.9. The van der Waals surface area contributed by atoms with E-state index in [0.29, 0.717) is 12.0 Å². The van der Waals surface area contributed by atoms with E-state index in [1.54, 1.807) is 18.1 Å². The molecule has 0 aliphatic carbocycles. The summed E-state index contributed by atoms with van der Waals surface area (Å²) in [5.41, 5.74) is 0.823. The highest BCUT2D eigenvalue weighted by atomic mass is 35.5. The minimum Gasteiger partial charge on any atom is -0.346 e. The number of H-pyrrole nitrogens is 1. The summed E-state index contributed by atoms with van der Waals surface area (Å²) in [5.74, 6) is 2.51. The lowest BCUT2D eigenvalue weighted by Crippen LogP contribution is -2.41. The SMILES string of the molecule is Cl.O=C(C1=CN(c2ncnc3[nH]ccc23)CCS1)N1C[C@H]2CCCN[C@H]2C1. The van der Waals surface area contributed by atoms with Gasteiger partial charge in [-0.05, 0) is 31.4 Å². The van der Waals surface area contributed by atoms with Gasteiger partial charge in [-0.25, -0.2) is 9.97 Å². The fourth-order valence-electron chi connectivity index (χ4n) is 4.24. The second kappa shape index (κ2) is 7.69. The highest BCUT2D eigenvalue weighted by Crippen LogP contribution is 2.32. The van der Waals surface area contributed by atoms with Crippen LogP contribution < -0.4 is 10.2 Å². The Balaban J connectivity index is 0.00000180. The van der Waals surface area contributed by atoms with Crippen LogP contribution in [0.5, 0.6) is 0 Å². The molecule has 2 aromatic rings.